The van der Waals surface area contributed by atoms with Gasteiger partial charge in [0, 0.05) is 46.4 Å². The molecule has 1 fully saturated rings. The van der Waals surface area contributed by atoms with Gasteiger partial charge in [0.25, 0.3) is 8.53 Å². The normalized spacial score (nSPS) is 22.9. The van der Waals surface area contributed by atoms with Crippen molar-refractivity contribution < 1.29 is 51.9 Å². The maximum absolute atomic E-state index is 12.1. The first-order valence-corrected chi connectivity index (χ1v) is 15.1. The largest absolute Gasteiger partial charge is 0.463 e. The summed E-state index contributed by atoms with van der Waals surface area (Å²) in [5, 5.41) is 11.5. The lowest BCUT2D eigenvalue weighted by Crippen LogP contribution is -2.66. The van der Waals surface area contributed by atoms with E-state index < -0.39 is 63.0 Å². The first-order valence-electron chi connectivity index (χ1n) is 14.0. The van der Waals surface area contributed by atoms with Gasteiger partial charge in [-0.25, -0.2) is 4.67 Å². The fourth-order valence-electron chi connectivity index (χ4n) is 4.29. The summed E-state index contributed by atoms with van der Waals surface area (Å²) in [7, 11) is -1.37. The minimum Gasteiger partial charge on any atom is -0.463 e. The summed E-state index contributed by atoms with van der Waals surface area (Å²) in [5.74, 6) is -2.40. The van der Waals surface area contributed by atoms with Crippen LogP contribution >= 0.6 is 8.53 Å². The van der Waals surface area contributed by atoms with Gasteiger partial charge in [0.15, 0.2) is 18.5 Å². The van der Waals surface area contributed by atoms with E-state index in [-0.39, 0.29) is 38.3 Å². The lowest BCUT2D eigenvalue weighted by Gasteiger charge is -2.44. The van der Waals surface area contributed by atoms with Crippen LogP contribution in [-0.2, 0) is 51.9 Å². The molecule has 0 radical (unpaired) electrons. The first kappa shape index (κ1) is 37.6. The Hall–Kier alpha value is -2.40. The van der Waals surface area contributed by atoms with Crippen molar-refractivity contribution in [3.8, 4) is 6.07 Å². The Kier molecular flexibility index (Phi) is 17.7. The smallest absolute Gasteiger partial charge is 0.303 e. The maximum atomic E-state index is 12.1. The molecule has 0 aromatic heterocycles. The molecule has 1 aliphatic rings. The SMILES string of the molecule is CC(=O)N[C@H]1C(OC(C)=O)[C@@H](OC(C)=O)C(COC(C)=O)O[C@H]1OCCCCOP(OCCC#N)N(C(C)C)C(C)C. The molecule has 1 amide bonds. The van der Waals surface area contributed by atoms with Gasteiger partial charge in [0.05, 0.1) is 25.7 Å². The molecule has 14 nitrogen and oxygen atoms in total. The van der Waals surface area contributed by atoms with Gasteiger partial charge in [-0.05, 0) is 40.5 Å². The molecule has 6 atom stereocenters. The average Bonchev–Trinajstić information content (AvgIpc) is 2.86. The molecular weight excluding hydrogens is 573 g/mol. The molecule has 1 aliphatic heterocycles. The quantitative estimate of drug-likeness (QED) is 0.103. The van der Waals surface area contributed by atoms with Crippen molar-refractivity contribution in [3.63, 3.8) is 0 Å². The van der Waals surface area contributed by atoms with E-state index >= 15 is 0 Å². The highest BCUT2D eigenvalue weighted by molar-refractivity contribution is 7.44. The summed E-state index contributed by atoms with van der Waals surface area (Å²) >= 11 is 0. The molecule has 0 bridgehead atoms. The molecule has 1 heterocycles. The number of nitrogens with zero attached hydrogens (tertiary/aromatic N) is 2. The van der Waals surface area contributed by atoms with Crippen LogP contribution in [0.15, 0.2) is 0 Å². The molecule has 1 rings (SSSR count). The minimum absolute atomic E-state index is 0.177. The van der Waals surface area contributed by atoms with Crippen LogP contribution in [0.5, 0.6) is 0 Å². The third kappa shape index (κ3) is 13.7. The summed E-state index contributed by atoms with van der Waals surface area (Å²) in [6, 6.07) is 1.41. The Morgan fingerprint density at radius 3 is 1.98 bits per heavy atom. The van der Waals surface area contributed by atoms with E-state index in [1.807, 2.05) is 0 Å². The van der Waals surface area contributed by atoms with Crippen molar-refractivity contribution in [2.24, 2.45) is 0 Å². The molecule has 240 valence electrons. The molecule has 0 aliphatic carbocycles. The number of unbranched alkanes of at least 4 members (excludes halogenated alkanes) is 1. The van der Waals surface area contributed by atoms with E-state index in [0.29, 0.717) is 19.4 Å². The molecule has 0 saturated carbocycles. The lowest BCUT2D eigenvalue weighted by molar-refractivity contribution is -0.277. The van der Waals surface area contributed by atoms with E-state index in [1.54, 1.807) is 0 Å². The van der Waals surface area contributed by atoms with Gasteiger partial charge in [-0.3, -0.25) is 19.2 Å². The molecular formula is C27H46N3O11P. The average molecular weight is 620 g/mol. The Labute approximate surface area is 249 Å². The molecule has 0 spiro atoms. The van der Waals surface area contributed by atoms with Gasteiger partial charge >= 0.3 is 17.9 Å². The number of rotatable bonds is 18. The number of carbonyl (C=O) groups is 4. The Morgan fingerprint density at radius 2 is 1.45 bits per heavy atom. The molecule has 1 saturated heterocycles. The number of esters is 3. The van der Waals surface area contributed by atoms with Crippen LogP contribution in [0.2, 0.25) is 0 Å². The fraction of sp³-hybridized carbons (Fsp3) is 0.815. The van der Waals surface area contributed by atoms with Crippen molar-refractivity contribution in [3.05, 3.63) is 0 Å². The highest BCUT2D eigenvalue weighted by Gasteiger charge is 2.51. The van der Waals surface area contributed by atoms with Crippen LogP contribution in [0.1, 0.15) is 74.7 Å². The van der Waals surface area contributed by atoms with E-state index in [9.17, 15) is 19.2 Å². The minimum atomic E-state index is -1.37. The van der Waals surface area contributed by atoms with Crippen molar-refractivity contribution in [2.45, 2.75) is 117 Å². The maximum Gasteiger partial charge on any atom is 0.303 e. The van der Waals surface area contributed by atoms with Crippen LogP contribution in [0, 0.1) is 11.3 Å². The van der Waals surface area contributed by atoms with Crippen LogP contribution in [-0.4, -0.2) is 97.6 Å². The summed E-state index contributed by atoms with van der Waals surface area (Å²) in [6.45, 7) is 13.6. The lowest BCUT2D eigenvalue weighted by atomic mass is 9.96. The monoisotopic (exact) mass is 619 g/mol. The number of ether oxygens (including phenoxy) is 5. The second-order valence-electron chi connectivity index (χ2n) is 10.2. The van der Waals surface area contributed by atoms with Crippen molar-refractivity contribution in [1.82, 2.24) is 9.99 Å². The standard InChI is InChI=1S/C27H46N3O11P/c1-17(2)30(18(3)4)42(38-15-11-12-28)37-14-10-9-13-35-27-24(29-19(5)31)26(40-22(8)34)25(39-21(7)33)23(41-27)16-36-20(6)32/h17-18,23-27H,9-11,13-16H2,1-8H3,(H,29,31)/t23?,24-,25-,26?,27+,42?/m0/s1. The Balaban J connectivity index is 2.94. The summed E-state index contributed by atoms with van der Waals surface area (Å²) in [6.07, 6.45) is -3.10. The number of nitriles is 1. The van der Waals surface area contributed by atoms with Crippen molar-refractivity contribution in [2.75, 3.05) is 26.4 Å². The molecule has 15 heteroatoms. The van der Waals surface area contributed by atoms with E-state index in [4.69, 9.17) is 38.0 Å². The van der Waals surface area contributed by atoms with Gasteiger partial charge in [0.1, 0.15) is 18.8 Å². The Morgan fingerprint density at radius 1 is 0.881 bits per heavy atom. The van der Waals surface area contributed by atoms with Crippen LogP contribution in [0.25, 0.3) is 0 Å². The summed E-state index contributed by atoms with van der Waals surface area (Å²) < 4.78 is 42.0. The Bertz CT molecular complexity index is 906. The summed E-state index contributed by atoms with van der Waals surface area (Å²) in [4.78, 5) is 47.4. The molecule has 0 aromatic rings. The van der Waals surface area contributed by atoms with Crippen LogP contribution < -0.4 is 5.32 Å². The predicted molar refractivity (Wildman–Crippen MR) is 150 cm³/mol. The van der Waals surface area contributed by atoms with Crippen molar-refractivity contribution >= 4 is 32.3 Å². The van der Waals surface area contributed by atoms with Gasteiger partial charge in [-0.1, -0.05) is 0 Å². The number of amides is 1. The number of carbonyl (C=O) groups excluding carboxylic acids is 4. The van der Waals surface area contributed by atoms with E-state index in [1.165, 1.54) is 27.7 Å². The topological polar surface area (TPSA) is 172 Å². The van der Waals surface area contributed by atoms with Gasteiger partial charge in [-0.15, -0.1) is 0 Å². The zero-order valence-electron chi connectivity index (χ0n) is 25.8. The highest BCUT2D eigenvalue weighted by atomic mass is 31.2. The van der Waals surface area contributed by atoms with Gasteiger partial charge < -0.3 is 38.0 Å². The number of hydrogen-bond acceptors (Lipinski definition) is 13. The first-order chi connectivity index (χ1) is 19.8. The molecule has 42 heavy (non-hydrogen) atoms. The molecule has 1 N–H and O–H groups in total. The second-order valence-corrected chi connectivity index (χ2v) is 11.6. The summed E-state index contributed by atoms with van der Waals surface area (Å²) in [5.41, 5.74) is 0. The molecule has 3 unspecified atom stereocenters. The predicted octanol–water partition coefficient (Wildman–Crippen LogP) is 2.73. The van der Waals surface area contributed by atoms with E-state index in [0.717, 1.165) is 0 Å². The third-order valence-corrected chi connectivity index (χ3v) is 7.86. The number of nitrogens with one attached hydrogen (secondary N) is 1. The third-order valence-electron chi connectivity index (χ3n) is 5.76. The number of hydrogen-bond donors (Lipinski definition) is 1. The fourth-order valence-corrected chi connectivity index (χ4v) is 5.92. The zero-order chi connectivity index (χ0) is 31.8. The van der Waals surface area contributed by atoms with Gasteiger partial charge in [-0.2, -0.15) is 5.26 Å². The van der Waals surface area contributed by atoms with Crippen molar-refractivity contribution in [1.29, 1.82) is 5.26 Å². The van der Waals surface area contributed by atoms with E-state index in [2.05, 4.69) is 43.8 Å². The highest BCUT2D eigenvalue weighted by Crippen LogP contribution is 2.46. The van der Waals surface area contributed by atoms with Crippen LogP contribution in [0.3, 0.4) is 0 Å². The molecule has 0 aromatic carbocycles. The van der Waals surface area contributed by atoms with Crippen LogP contribution in [0.4, 0.5) is 0 Å². The second kappa shape index (κ2) is 19.7. The zero-order valence-corrected chi connectivity index (χ0v) is 26.7. The van der Waals surface area contributed by atoms with Gasteiger partial charge in [0.2, 0.25) is 5.91 Å².